The van der Waals surface area contributed by atoms with E-state index >= 15 is 0 Å². The zero-order valence-electron chi connectivity index (χ0n) is 19.4. The lowest BCUT2D eigenvalue weighted by Gasteiger charge is -2.19. The van der Waals surface area contributed by atoms with E-state index in [1.54, 1.807) is 48.5 Å². The highest BCUT2D eigenvalue weighted by atomic mass is 35.5. The molecule has 3 aromatic carbocycles. The van der Waals surface area contributed by atoms with E-state index in [9.17, 15) is 14.4 Å². The van der Waals surface area contributed by atoms with Crippen LogP contribution in [-0.4, -0.2) is 41.7 Å². The van der Waals surface area contributed by atoms with Crippen molar-refractivity contribution in [1.82, 2.24) is 4.90 Å². The van der Waals surface area contributed by atoms with Gasteiger partial charge in [-0.2, -0.15) is 0 Å². The van der Waals surface area contributed by atoms with E-state index < -0.39 is 23.6 Å². The highest BCUT2D eigenvalue weighted by molar-refractivity contribution is 8.18. The van der Waals surface area contributed by atoms with Gasteiger partial charge in [0.2, 0.25) is 5.91 Å². The topological polar surface area (TPSA) is 94.2 Å². The first-order valence-corrected chi connectivity index (χ1v) is 12.6. The highest BCUT2D eigenvalue weighted by Gasteiger charge is 2.36. The van der Waals surface area contributed by atoms with Gasteiger partial charge in [0.1, 0.15) is 32.1 Å². The Kier molecular flexibility index (Phi) is 7.34. The van der Waals surface area contributed by atoms with Gasteiger partial charge in [-0.15, -0.1) is 0 Å². The minimum Gasteiger partial charge on any atom is -0.488 e. The molecule has 10 heteroatoms. The molecule has 2 heterocycles. The summed E-state index contributed by atoms with van der Waals surface area (Å²) in [5, 5.41) is 2.81. The first kappa shape index (κ1) is 24.7. The van der Waals surface area contributed by atoms with Crippen LogP contribution in [-0.2, 0) is 16.2 Å². The number of fused-ring (bicyclic) bond motifs is 1. The number of nitrogens with one attached hydrogen (secondary N) is 1. The van der Waals surface area contributed by atoms with Crippen molar-refractivity contribution in [3.63, 3.8) is 0 Å². The first-order chi connectivity index (χ1) is 18.0. The molecule has 3 aromatic rings. The average Bonchev–Trinajstić information content (AvgIpc) is 3.16. The van der Waals surface area contributed by atoms with Crippen LogP contribution in [0.4, 0.5) is 10.5 Å². The Morgan fingerprint density at radius 1 is 1.03 bits per heavy atom. The summed E-state index contributed by atoms with van der Waals surface area (Å²) < 4.78 is 16.9. The molecule has 5 rings (SSSR count). The van der Waals surface area contributed by atoms with Crippen LogP contribution in [0, 0.1) is 0 Å². The fraction of sp³-hybridized carbons (Fsp3) is 0.148. The Hall–Kier alpha value is -3.95. The van der Waals surface area contributed by atoms with E-state index in [0.29, 0.717) is 53.3 Å². The van der Waals surface area contributed by atoms with Gasteiger partial charge in [0.05, 0.1) is 4.91 Å². The van der Waals surface area contributed by atoms with Gasteiger partial charge < -0.3 is 19.5 Å². The van der Waals surface area contributed by atoms with E-state index in [-0.39, 0.29) is 4.91 Å². The zero-order valence-corrected chi connectivity index (χ0v) is 21.0. The molecular formula is C27H21ClN2O6S. The molecule has 2 aliphatic rings. The molecule has 0 aliphatic carbocycles. The second kappa shape index (κ2) is 11.0. The maximum Gasteiger partial charge on any atom is 0.294 e. The van der Waals surface area contributed by atoms with E-state index in [2.05, 4.69) is 5.32 Å². The Morgan fingerprint density at radius 2 is 1.78 bits per heavy atom. The maximum atomic E-state index is 13.0. The zero-order chi connectivity index (χ0) is 25.8. The number of carbonyl (C=O) groups is 3. The van der Waals surface area contributed by atoms with Crippen molar-refractivity contribution >= 4 is 52.2 Å². The third-order valence-electron chi connectivity index (χ3n) is 5.51. The van der Waals surface area contributed by atoms with Gasteiger partial charge in [0.15, 0.2) is 11.5 Å². The molecule has 1 fully saturated rings. The number of benzene rings is 3. The van der Waals surface area contributed by atoms with Crippen molar-refractivity contribution in [2.24, 2.45) is 0 Å². The number of rotatable bonds is 7. The largest absolute Gasteiger partial charge is 0.488 e. The van der Waals surface area contributed by atoms with E-state index in [0.717, 1.165) is 22.2 Å². The Bertz CT molecular complexity index is 1390. The van der Waals surface area contributed by atoms with Crippen LogP contribution in [0.25, 0.3) is 6.08 Å². The number of thioether (sulfide) groups is 1. The van der Waals surface area contributed by atoms with Gasteiger partial charge in [0.25, 0.3) is 11.1 Å². The fourth-order valence-corrected chi connectivity index (χ4v) is 4.67. The molecule has 0 spiro atoms. The highest BCUT2D eigenvalue weighted by Crippen LogP contribution is 2.35. The minimum absolute atomic E-state index is 0.208. The summed E-state index contributed by atoms with van der Waals surface area (Å²) in [5.74, 6) is 0.625. The number of para-hydroxylation sites is 1. The number of nitrogens with zero attached hydrogens (tertiary/aromatic N) is 1. The van der Waals surface area contributed by atoms with Crippen LogP contribution in [0.2, 0.25) is 5.02 Å². The number of ether oxygens (including phenoxy) is 3. The van der Waals surface area contributed by atoms with Crippen molar-refractivity contribution in [3.8, 4) is 17.2 Å². The monoisotopic (exact) mass is 536 g/mol. The van der Waals surface area contributed by atoms with E-state index in [1.807, 2.05) is 24.3 Å². The lowest BCUT2D eigenvalue weighted by atomic mass is 10.1. The molecule has 0 aromatic heterocycles. The lowest BCUT2D eigenvalue weighted by Crippen LogP contribution is -2.36. The molecule has 0 unspecified atom stereocenters. The van der Waals surface area contributed by atoms with Gasteiger partial charge in [-0.3, -0.25) is 19.3 Å². The maximum absolute atomic E-state index is 13.0. The molecule has 1 N–H and O–H groups in total. The molecule has 37 heavy (non-hydrogen) atoms. The molecule has 2 aliphatic heterocycles. The Morgan fingerprint density at radius 3 is 2.59 bits per heavy atom. The standard InChI is InChI=1S/C27H21ClN2O6S/c28-19-7-5-17(6-8-19)16-36-21-4-2-1-3-18(21)13-24-26(32)30(27(33)37-24)15-25(31)29-20-9-10-22-23(14-20)35-12-11-34-22/h1-10,13-14H,11-12,15-16H2,(H,29,31)/b24-13+. The first-order valence-electron chi connectivity index (χ1n) is 11.4. The Balaban J connectivity index is 1.24. The molecule has 0 saturated carbocycles. The number of hydrogen-bond acceptors (Lipinski definition) is 7. The SMILES string of the molecule is O=C(CN1C(=O)S/C(=C/c2ccccc2OCc2ccc(Cl)cc2)C1=O)Nc1ccc2c(c1)OCCO2. The van der Waals surface area contributed by atoms with Crippen LogP contribution < -0.4 is 19.5 Å². The lowest BCUT2D eigenvalue weighted by molar-refractivity contribution is -0.127. The number of imide groups is 1. The molecule has 0 bridgehead atoms. The molecule has 0 radical (unpaired) electrons. The number of anilines is 1. The third-order valence-corrected chi connectivity index (χ3v) is 6.67. The van der Waals surface area contributed by atoms with Crippen LogP contribution in [0.5, 0.6) is 17.2 Å². The summed E-state index contributed by atoms with van der Waals surface area (Å²) in [6.45, 7) is 0.780. The molecule has 188 valence electrons. The second-order valence-corrected chi connectivity index (χ2v) is 9.56. The van der Waals surface area contributed by atoms with Crippen LogP contribution in [0.3, 0.4) is 0 Å². The minimum atomic E-state index is -0.542. The third kappa shape index (κ3) is 5.90. The predicted molar refractivity (Wildman–Crippen MR) is 141 cm³/mol. The molecule has 3 amide bonds. The second-order valence-electron chi connectivity index (χ2n) is 8.13. The summed E-state index contributed by atoms with van der Waals surface area (Å²) in [4.78, 5) is 39.3. The van der Waals surface area contributed by atoms with Crippen molar-refractivity contribution in [2.75, 3.05) is 25.1 Å². The van der Waals surface area contributed by atoms with E-state index in [1.165, 1.54) is 0 Å². The van der Waals surface area contributed by atoms with Crippen molar-refractivity contribution in [3.05, 3.63) is 87.8 Å². The molecule has 1 saturated heterocycles. The van der Waals surface area contributed by atoms with Gasteiger partial charge in [-0.25, -0.2) is 0 Å². The normalized spacial score (nSPS) is 15.7. The molecule has 8 nitrogen and oxygen atoms in total. The Labute approximate surface area is 222 Å². The van der Waals surface area contributed by atoms with Gasteiger partial charge in [-0.05, 0) is 53.7 Å². The van der Waals surface area contributed by atoms with E-state index in [4.69, 9.17) is 25.8 Å². The molecule has 0 atom stereocenters. The summed E-state index contributed by atoms with van der Waals surface area (Å²) in [6.07, 6.45) is 1.60. The quantitative estimate of drug-likeness (QED) is 0.406. The van der Waals surface area contributed by atoms with Gasteiger partial charge >= 0.3 is 0 Å². The van der Waals surface area contributed by atoms with Crippen LogP contribution in [0.1, 0.15) is 11.1 Å². The number of carbonyl (C=O) groups excluding carboxylic acids is 3. The molecular weight excluding hydrogens is 516 g/mol. The smallest absolute Gasteiger partial charge is 0.294 e. The van der Waals surface area contributed by atoms with Gasteiger partial charge in [0, 0.05) is 22.3 Å². The fourth-order valence-electron chi connectivity index (χ4n) is 3.72. The summed E-state index contributed by atoms with van der Waals surface area (Å²) in [5.41, 5.74) is 2.05. The average molecular weight is 537 g/mol. The summed E-state index contributed by atoms with van der Waals surface area (Å²) >= 11 is 6.72. The van der Waals surface area contributed by atoms with Crippen molar-refractivity contribution in [1.29, 1.82) is 0 Å². The number of hydrogen-bond donors (Lipinski definition) is 1. The van der Waals surface area contributed by atoms with Crippen molar-refractivity contribution in [2.45, 2.75) is 6.61 Å². The predicted octanol–water partition coefficient (Wildman–Crippen LogP) is 5.37. The van der Waals surface area contributed by atoms with Crippen LogP contribution in [0.15, 0.2) is 71.6 Å². The summed E-state index contributed by atoms with van der Waals surface area (Å²) in [7, 11) is 0. The van der Waals surface area contributed by atoms with Crippen molar-refractivity contribution < 1.29 is 28.6 Å². The number of amides is 3. The number of halogens is 1. The van der Waals surface area contributed by atoms with Crippen LogP contribution >= 0.6 is 23.4 Å². The summed E-state index contributed by atoms with van der Waals surface area (Å²) in [6, 6.07) is 19.5. The van der Waals surface area contributed by atoms with Gasteiger partial charge in [-0.1, -0.05) is 41.9 Å².